The largest absolute Gasteiger partial charge is 0.497 e. The SMILES string of the molecule is COC(=O)CC(=O)Cc1cc(OC)cc(OC)c1. The van der Waals surface area contributed by atoms with Gasteiger partial charge in [0.05, 0.1) is 21.3 Å². The molecule has 0 saturated heterocycles. The Labute approximate surface area is 106 Å². The molecule has 98 valence electrons. The summed E-state index contributed by atoms with van der Waals surface area (Å²) in [6, 6.07) is 5.18. The maximum Gasteiger partial charge on any atom is 0.313 e. The summed E-state index contributed by atoms with van der Waals surface area (Å²) < 4.78 is 14.6. The van der Waals surface area contributed by atoms with Gasteiger partial charge in [0.1, 0.15) is 23.7 Å². The lowest BCUT2D eigenvalue weighted by Gasteiger charge is -2.07. The minimum absolute atomic E-state index is 0.142. The fourth-order valence-corrected chi connectivity index (χ4v) is 1.49. The molecule has 0 amide bonds. The van der Waals surface area contributed by atoms with Gasteiger partial charge in [-0.25, -0.2) is 0 Å². The van der Waals surface area contributed by atoms with Crippen molar-refractivity contribution in [1.82, 2.24) is 0 Å². The first-order valence-electron chi connectivity index (χ1n) is 5.39. The van der Waals surface area contributed by atoms with Gasteiger partial charge < -0.3 is 14.2 Å². The normalized spacial score (nSPS) is 9.72. The van der Waals surface area contributed by atoms with Crippen molar-refractivity contribution in [2.75, 3.05) is 21.3 Å². The molecule has 0 N–H and O–H groups in total. The molecule has 1 rings (SSSR count). The number of esters is 1. The number of ether oxygens (including phenoxy) is 3. The van der Waals surface area contributed by atoms with Crippen molar-refractivity contribution >= 4 is 11.8 Å². The molecule has 0 aliphatic heterocycles. The minimum Gasteiger partial charge on any atom is -0.497 e. The van der Waals surface area contributed by atoms with E-state index in [-0.39, 0.29) is 18.6 Å². The van der Waals surface area contributed by atoms with Gasteiger partial charge >= 0.3 is 5.97 Å². The number of rotatable bonds is 6. The zero-order valence-electron chi connectivity index (χ0n) is 10.7. The van der Waals surface area contributed by atoms with Crippen LogP contribution in [0.5, 0.6) is 11.5 Å². The second-order valence-electron chi connectivity index (χ2n) is 3.69. The predicted octanol–water partition coefficient (Wildman–Crippen LogP) is 1.38. The lowest BCUT2D eigenvalue weighted by molar-refractivity contribution is -0.143. The highest BCUT2D eigenvalue weighted by Gasteiger charge is 2.11. The molecule has 0 aromatic heterocycles. The van der Waals surface area contributed by atoms with Crippen LogP contribution in [0.1, 0.15) is 12.0 Å². The topological polar surface area (TPSA) is 61.8 Å². The van der Waals surface area contributed by atoms with E-state index in [1.54, 1.807) is 18.2 Å². The second-order valence-corrected chi connectivity index (χ2v) is 3.69. The molecule has 0 bridgehead atoms. The van der Waals surface area contributed by atoms with Gasteiger partial charge in [0, 0.05) is 12.5 Å². The number of carbonyl (C=O) groups excluding carboxylic acids is 2. The number of benzene rings is 1. The minimum atomic E-state index is -0.533. The average molecular weight is 252 g/mol. The molecule has 0 fully saturated rings. The number of Topliss-reactive ketones (excluding diaryl/α,β-unsaturated/α-hetero) is 1. The third-order valence-corrected chi connectivity index (χ3v) is 2.38. The van der Waals surface area contributed by atoms with E-state index in [0.29, 0.717) is 11.5 Å². The summed E-state index contributed by atoms with van der Waals surface area (Å²) in [5.74, 6) is 0.470. The van der Waals surface area contributed by atoms with Crippen molar-refractivity contribution in [3.05, 3.63) is 23.8 Å². The number of ketones is 1. The Morgan fingerprint density at radius 3 is 2.00 bits per heavy atom. The lowest BCUT2D eigenvalue weighted by Crippen LogP contribution is -2.11. The smallest absolute Gasteiger partial charge is 0.313 e. The van der Waals surface area contributed by atoms with Gasteiger partial charge in [-0.3, -0.25) is 9.59 Å². The van der Waals surface area contributed by atoms with Gasteiger partial charge in [-0.1, -0.05) is 0 Å². The Hall–Kier alpha value is -2.04. The first-order valence-corrected chi connectivity index (χ1v) is 5.39. The molecule has 0 atom stereocenters. The fraction of sp³-hybridized carbons (Fsp3) is 0.385. The fourth-order valence-electron chi connectivity index (χ4n) is 1.49. The van der Waals surface area contributed by atoms with Crippen LogP contribution in [0.2, 0.25) is 0 Å². The quantitative estimate of drug-likeness (QED) is 0.565. The van der Waals surface area contributed by atoms with E-state index in [4.69, 9.17) is 9.47 Å². The zero-order valence-corrected chi connectivity index (χ0v) is 10.7. The van der Waals surface area contributed by atoms with Crippen molar-refractivity contribution in [3.8, 4) is 11.5 Å². The van der Waals surface area contributed by atoms with Crippen LogP contribution in [-0.4, -0.2) is 33.1 Å². The van der Waals surface area contributed by atoms with Gasteiger partial charge in [0.2, 0.25) is 0 Å². The summed E-state index contributed by atoms with van der Waals surface area (Å²) in [5.41, 5.74) is 0.736. The van der Waals surface area contributed by atoms with Crippen LogP contribution in [0.3, 0.4) is 0 Å². The maximum atomic E-state index is 11.6. The van der Waals surface area contributed by atoms with Crippen LogP contribution < -0.4 is 9.47 Å². The van der Waals surface area contributed by atoms with Crippen LogP contribution in [0.4, 0.5) is 0 Å². The number of carbonyl (C=O) groups is 2. The predicted molar refractivity (Wildman–Crippen MR) is 64.9 cm³/mol. The van der Waals surface area contributed by atoms with E-state index in [1.165, 1.54) is 21.3 Å². The van der Waals surface area contributed by atoms with Crippen molar-refractivity contribution in [1.29, 1.82) is 0 Å². The standard InChI is InChI=1S/C13H16O5/c1-16-11-5-9(6-12(8-11)17-2)4-10(14)7-13(15)18-3/h5-6,8H,4,7H2,1-3H3. The molecule has 0 aliphatic rings. The van der Waals surface area contributed by atoms with Gasteiger partial charge in [-0.15, -0.1) is 0 Å². The van der Waals surface area contributed by atoms with Crippen LogP contribution in [0.25, 0.3) is 0 Å². The average Bonchev–Trinajstić information content (AvgIpc) is 2.37. The van der Waals surface area contributed by atoms with E-state index in [9.17, 15) is 9.59 Å². The number of hydrogen-bond donors (Lipinski definition) is 0. The monoisotopic (exact) mass is 252 g/mol. The van der Waals surface area contributed by atoms with Gasteiger partial charge in [0.15, 0.2) is 0 Å². The molecule has 0 unspecified atom stereocenters. The highest BCUT2D eigenvalue weighted by Crippen LogP contribution is 2.23. The molecule has 0 spiro atoms. The van der Waals surface area contributed by atoms with Crippen LogP contribution in [0.15, 0.2) is 18.2 Å². The summed E-state index contributed by atoms with van der Waals surface area (Å²) in [7, 11) is 4.33. The maximum absolute atomic E-state index is 11.6. The summed E-state index contributed by atoms with van der Waals surface area (Å²) in [5, 5.41) is 0. The zero-order chi connectivity index (χ0) is 13.5. The summed E-state index contributed by atoms with van der Waals surface area (Å²) in [6.45, 7) is 0. The molecular formula is C13H16O5. The molecule has 0 heterocycles. The Kier molecular flexibility index (Phi) is 5.17. The van der Waals surface area contributed by atoms with E-state index in [1.807, 2.05) is 0 Å². The van der Waals surface area contributed by atoms with Crippen LogP contribution in [0, 0.1) is 0 Å². The molecule has 0 radical (unpaired) electrons. The van der Waals surface area contributed by atoms with Gasteiger partial charge in [0.25, 0.3) is 0 Å². The Morgan fingerprint density at radius 2 is 1.56 bits per heavy atom. The number of hydrogen-bond acceptors (Lipinski definition) is 5. The Morgan fingerprint density at radius 1 is 1.00 bits per heavy atom. The first-order chi connectivity index (χ1) is 8.58. The lowest BCUT2D eigenvalue weighted by atomic mass is 10.1. The first kappa shape index (κ1) is 14.0. The van der Waals surface area contributed by atoms with E-state index < -0.39 is 5.97 Å². The molecular weight excluding hydrogens is 236 g/mol. The highest BCUT2D eigenvalue weighted by atomic mass is 16.5. The van der Waals surface area contributed by atoms with E-state index in [2.05, 4.69) is 4.74 Å². The molecule has 5 heteroatoms. The molecule has 0 saturated carbocycles. The molecule has 1 aromatic rings. The highest BCUT2D eigenvalue weighted by molar-refractivity contribution is 5.96. The Balaban J connectivity index is 2.77. The second kappa shape index (κ2) is 6.64. The third-order valence-electron chi connectivity index (χ3n) is 2.38. The van der Waals surface area contributed by atoms with E-state index in [0.717, 1.165) is 5.56 Å². The Bertz CT molecular complexity index is 417. The molecule has 5 nitrogen and oxygen atoms in total. The molecule has 1 aromatic carbocycles. The van der Waals surface area contributed by atoms with Crippen molar-refractivity contribution < 1.29 is 23.8 Å². The third kappa shape index (κ3) is 4.08. The van der Waals surface area contributed by atoms with Crippen molar-refractivity contribution in [2.45, 2.75) is 12.8 Å². The summed E-state index contributed by atoms with van der Waals surface area (Å²) in [6.07, 6.45) is -0.0846. The molecule has 18 heavy (non-hydrogen) atoms. The summed E-state index contributed by atoms with van der Waals surface area (Å²) in [4.78, 5) is 22.6. The molecule has 0 aliphatic carbocycles. The van der Waals surface area contributed by atoms with Crippen molar-refractivity contribution in [2.24, 2.45) is 0 Å². The van der Waals surface area contributed by atoms with Gasteiger partial charge in [-0.2, -0.15) is 0 Å². The van der Waals surface area contributed by atoms with Crippen LogP contribution in [-0.2, 0) is 20.7 Å². The van der Waals surface area contributed by atoms with Crippen molar-refractivity contribution in [3.63, 3.8) is 0 Å². The summed E-state index contributed by atoms with van der Waals surface area (Å²) >= 11 is 0. The van der Waals surface area contributed by atoms with Crippen LogP contribution >= 0.6 is 0 Å². The van der Waals surface area contributed by atoms with Gasteiger partial charge in [-0.05, 0) is 17.7 Å². The van der Waals surface area contributed by atoms with E-state index >= 15 is 0 Å². The number of methoxy groups -OCH3 is 3.